The Kier molecular flexibility index (Phi) is 4.94. The molecule has 0 radical (unpaired) electrons. The van der Waals surface area contributed by atoms with Crippen LogP contribution in [0.4, 0.5) is 5.69 Å². The lowest BCUT2D eigenvalue weighted by Crippen LogP contribution is -2.24. The highest BCUT2D eigenvalue weighted by atomic mass is 79.9. The predicted octanol–water partition coefficient (Wildman–Crippen LogP) is 3.00. The van der Waals surface area contributed by atoms with Crippen LogP contribution in [0.2, 0.25) is 0 Å². The fourth-order valence-electron chi connectivity index (χ4n) is 1.52. The van der Waals surface area contributed by atoms with Crippen molar-refractivity contribution < 1.29 is 0 Å². The highest BCUT2D eigenvalue weighted by Crippen LogP contribution is 2.18. The molecule has 0 spiro atoms. The van der Waals surface area contributed by atoms with E-state index in [1.54, 1.807) is 0 Å². The molecule has 0 aliphatic rings. The van der Waals surface area contributed by atoms with Gasteiger partial charge in [0, 0.05) is 36.5 Å². The monoisotopic (exact) mass is 256 g/mol. The summed E-state index contributed by atoms with van der Waals surface area (Å²) in [5.74, 6) is 0. The lowest BCUT2D eigenvalue weighted by atomic mass is 10.2. The third kappa shape index (κ3) is 2.98. The SMILES string of the molecule is CCN(CCCBr)c1ccncc1C. The minimum atomic E-state index is 1.05. The Balaban J connectivity index is 2.73. The third-order valence-corrected chi connectivity index (χ3v) is 2.84. The Bertz CT molecular complexity index is 276. The number of hydrogen-bond donors (Lipinski definition) is 0. The van der Waals surface area contributed by atoms with Crippen LogP contribution in [0.5, 0.6) is 0 Å². The van der Waals surface area contributed by atoms with Crippen LogP contribution in [0.3, 0.4) is 0 Å². The third-order valence-electron chi connectivity index (χ3n) is 2.27. The van der Waals surface area contributed by atoms with E-state index in [1.807, 2.05) is 12.4 Å². The first-order valence-electron chi connectivity index (χ1n) is 5.01. The molecule has 0 amide bonds. The molecule has 0 bridgehead atoms. The molecule has 0 atom stereocenters. The van der Waals surface area contributed by atoms with Gasteiger partial charge < -0.3 is 4.90 Å². The summed E-state index contributed by atoms with van der Waals surface area (Å²) < 4.78 is 0. The highest BCUT2D eigenvalue weighted by Gasteiger charge is 2.05. The predicted molar refractivity (Wildman–Crippen MR) is 65.3 cm³/mol. The number of anilines is 1. The zero-order valence-electron chi connectivity index (χ0n) is 8.83. The van der Waals surface area contributed by atoms with Crippen LogP contribution in [0.1, 0.15) is 18.9 Å². The zero-order chi connectivity index (χ0) is 10.4. The summed E-state index contributed by atoms with van der Waals surface area (Å²) >= 11 is 3.46. The summed E-state index contributed by atoms with van der Waals surface area (Å²) in [6.07, 6.45) is 4.96. The standard InChI is InChI=1S/C11H17BrN2/c1-3-14(8-4-6-12)11-5-7-13-9-10(11)2/h5,7,9H,3-4,6,8H2,1-2H3. The van der Waals surface area contributed by atoms with E-state index in [9.17, 15) is 0 Å². The second kappa shape index (κ2) is 6.02. The van der Waals surface area contributed by atoms with Gasteiger partial charge in [-0.3, -0.25) is 4.98 Å². The number of rotatable bonds is 5. The summed E-state index contributed by atoms with van der Waals surface area (Å²) in [6.45, 7) is 6.46. The van der Waals surface area contributed by atoms with Crippen molar-refractivity contribution in [3.05, 3.63) is 24.0 Å². The normalized spacial score (nSPS) is 10.2. The Hall–Kier alpha value is -0.570. The van der Waals surface area contributed by atoms with Crippen LogP contribution in [-0.4, -0.2) is 23.4 Å². The quantitative estimate of drug-likeness (QED) is 0.754. The average molecular weight is 257 g/mol. The average Bonchev–Trinajstić information content (AvgIpc) is 2.21. The van der Waals surface area contributed by atoms with Crippen molar-refractivity contribution in [2.45, 2.75) is 20.3 Å². The molecule has 1 heterocycles. The van der Waals surface area contributed by atoms with Crippen molar-refractivity contribution >= 4 is 21.6 Å². The fraction of sp³-hybridized carbons (Fsp3) is 0.545. The van der Waals surface area contributed by atoms with Crippen molar-refractivity contribution in [3.8, 4) is 0 Å². The topological polar surface area (TPSA) is 16.1 Å². The number of alkyl halides is 1. The number of nitrogens with zero attached hydrogens (tertiary/aromatic N) is 2. The number of hydrogen-bond acceptors (Lipinski definition) is 2. The minimum absolute atomic E-state index is 1.05. The maximum absolute atomic E-state index is 4.11. The zero-order valence-corrected chi connectivity index (χ0v) is 10.4. The summed E-state index contributed by atoms with van der Waals surface area (Å²) in [5, 5.41) is 1.06. The van der Waals surface area contributed by atoms with Crippen molar-refractivity contribution in [1.29, 1.82) is 0 Å². The first kappa shape index (κ1) is 11.5. The highest BCUT2D eigenvalue weighted by molar-refractivity contribution is 9.09. The van der Waals surface area contributed by atoms with Gasteiger partial charge in [-0.1, -0.05) is 15.9 Å². The molecular formula is C11H17BrN2. The van der Waals surface area contributed by atoms with Gasteiger partial charge >= 0.3 is 0 Å². The second-order valence-corrected chi connectivity index (χ2v) is 4.08. The van der Waals surface area contributed by atoms with Crippen molar-refractivity contribution in [2.75, 3.05) is 23.3 Å². The van der Waals surface area contributed by atoms with Gasteiger partial charge in [-0.15, -0.1) is 0 Å². The summed E-state index contributed by atoms with van der Waals surface area (Å²) in [7, 11) is 0. The van der Waals surface area contributed by atoms with Crippen LogP contribution in [-0.2, 0) is 0 Å². The summed E-state index contributed by atoms with van der Waals surface area (Å²) in [4.78, 5) is 6.49. The Labute approximate surface area is 94.5 Å². The van der Waals surface area contributed by atoms with Crippen molar-refractivity contribution in [2.24, 2.45) is 0 Å². The number of halogens is 1. The van der Waals surface area contributed by atoms with Crippen molar-refractivity contribution in [1.82, 2.24) is 4.98 Å². The number of pyridine rings is 1. The van der Waals surface area contributed by atoms with Crippen LogP contribution >= 0.6 is 15.9 Å². The molecule has 0 unspecified atom stereocenters. The first-order chi connectivity index (χ1) is 6.79. The van der Waals surface area contributed by atoms with Gasteiger partial charge in [-0.25, -0.2) is 0 Å². The molecule has 1 aromatic rings. The molecule has 0 aromatic carbocycles. The van der Waals surface area contributed by atoms with Gasteiger partial charge in [0.2, 0.25) is 0 Å². The largest absolute Gasteiger partial charge is 0.371 e. The van der Waals surface area contributed by atoms with Gasteiger partial charge in [0.05, 0.1) is 0 Å². The molecule has 0 N–H and O–H groups in total. The van der Waals surface area contributed by atoms with E-state index in [0.717, 1.165) is 18.4 Å². The summed E-state index contributed by atoms with van der Waals surface area (Å²) in [5.41, 5.74) is 2.56. The lowest BCUT2D eigenvalue weighted by molar-refractivity contribution is 0.795. The molecule has 0 fully saturated rings. The van der Waals surface area contributed by atoms with Gasteiger partial charge in [0.25, 0.3) is 0 Å². The van der Waals surface area contributed by atoms with E-state index < -0.39 is 0 Å². The summed E-state index contributed by atoms with van der Waals surface area (Å²) in [6, 6.07) is 2.09. The minimum Gasteiger partial charge on any atom is -0.371 e. The van der Waals surface area contributed by atoms with E-state index in [1.165, 1.54) is 17.7 Å². The molecule has 2 nitrogen and oxygen atoms in total. The van der Waals surface area contributed by atoms with E-state index in [2.05, 4.69) is 45.7 Å². The van der Waals surface area contributed by atoms with Crippen LogP contribution in [0.25, 0.3) is 0 Å². The van der Waals surface area contributed by atoms with Gasteiger partial charge in [-0.2, -0.15) is 0 Å². The van der Waals surface area contributed by atoms with Gasteiger partial charge in [0.1, 0.15) is 0 Å². The Morgan fingerprint density at radius 1 is 1.50 bits per heavy atom. The smallest absolute Gasteiger partial charge is 0.0426 e. The molecule has 78 valence electrons. The molecule has 0 saturated carbocycles. The van der Waals surface area contributed by atoms with E-state index >= 15 is 0 Å². The maximum Gasteiger partial charge on any atom is 0.0426 e. The van der Waals surface area contributed by atoms with Crippen LogP contribution in [0.15, 0.2) is 18.5 Å². The van der Waals surface area contributed by atoms with Gasteiger partial charge in [0.15, 0.2) is 0 Å². The van der Waals surface area contributed by atoms with Crippen LogP contribution in [0, 0.1) is 6.92 Å². The van der Waals surface area contributed by atoms with E-state index in [0.29, 0.717) is 0 Å². The Morgan fingerprint density at radius 2 is 2.29 bits per heavy atom. The van der Waals surface area contributed by atoms with E-state index in [4.69, 9.17) is 0 Å². The Morgan fingerprint density at radius 3 is 2.86 bits per heavy atom. The molecule has 3 heteroatoms. The van der Waals surface area contributed by atoms with Crippen LogP contribution < -0.4 is 4.90 Å². The molecule has 1 aromatic heterocycles. The van der Waals surface area contributed by atoms with Gasteiger partial charge in [-0.05, 0) is 31.9 Å². The molecular weight excluding hydrogens is 240 g/mol. The first-order valence-corrected chi connectivity index (χ1v) is 6.13. The van der Waals surface area contributed by atoms with E-state index in [-0.39, 0.29) is 0 Å². The van der Waals surface area contributed by atoms with Crippen molar-refractivity contribution in [3.63, 3.8) is 0 Å². The number of aryl methyl sites for hydroxylation is 1. The molecule has 1 rings (SSSR count). The maximum atomic E-state index is 4.11. The number of aromatic nitrogens is 1. The molecule has 14 heavy (non-hydrogen) atoms. The fourth-order valence-corrected chi connectivity index (χ4v) is 1.77. The lowest BCUT2D eigenvalue weighted by Gasteiger charge is -2.24. The molecule has 0 aliphatic heterocycles. The second-order valence-electron chi connectivity index (χ2n) is 3.28. The molecule has 0 saturated heterocycles. The molecule has 0 aliphatic carbocycles.